The van der Waals surface area contributed by atoms with Gasteiger partial charge in [0.25, 0.3) is 0 Å². The Morgan fingerprint density at radius 2 is 1.86 bits per heavy atom. The molecule has 0 aliphatic carbocycles. The SMILES string of the molecule is COC(=O)c1cccc2[nH]c(-c3ccc(OC)cc3)nc12. The van der Waals surface area contributed by atoms with Gasteiger partial charge in [0.15, 0.2) is 0 Å². The van der Waals surface area contributed by atoms with Gasteiger partial charge in [-0.05, 0) is 36.4 Å². The summed E-state index contributed by atoms with van der Waals surface area (Å²) in [6.45, 7) is 0. The maximum atomic E-state index is 11.8. The Morgan fingerprint density at radius 1 is 1.10 bits per heavy atom. The minimum Gasteiger partial charge on any atom is -0.497 e. The van der Waals surface area contributed by atoms with Gasteiger partial charge in [-0.3, -0.25) is 0 Å². The number of carbonyl (C=O) groups excluding carboxylic acids is 1. The molecule has 0 fully saturated rings. The number of aromatic amines is 1. The molecule has 0 aliphatic heterocycles. The summed E-state index contributed by atoms with van der Waals surface area (Å²) < 4.78 is 9.92. The largest absolute Gasteiger partial charge is 0.497 e. The van der Waals surface area contributed by atoms with E-state index in [4.69, 9.17) is 9.47 Å². The Hall–Kier alpha value is -2.82. The van der Waals surface area contributed by atoms with Crippen LogP contribution in [-0.2, 0) is 4.74 Å². The van der Waals surface area contributed by atoms with Crippen molar-refractivity contribution in [1.29, 1.82) is 0 Å². The molecule has 0 spiro atoms. The first-order chi connectivity index (χ1) is 10.2. The van der Waals surface area contributed by atoms with Crippen LogP contribution in [0, 0.1) is 0 Å². The van der Waals surface area contributed by atoms with Gasteiger partial charge in [-0.2, -0.15) is 0 Å². The number of H-pyrrole nitrogens is 1. The normalized spacial score (nSPS) is 10.6. The smallest absolute Gasteiger partial charge is 0.340 e. The number of nitrogens with zero attached hydrogens (tertiary/aromatic N) is 1. The third-order valence-electron chi connectivity index (χ3n) is 3.28. The van der Waals surface area contributed by atoms with E-state index in [1.165, 1.54) is 7.11 Å². The molecule has 2 aromatic carbocycles. The number of methoxy groups -OCH3 is 2. The van der Waals surface area contributed by atoms with E-state index in [-0.39, 0.29) is 0 Å². The zero-order valence-electron chi connectivity index (χ0n) is 11.7. The predicted octanol–water partition coefficient (Wildman–Crippen LogP) is 3.03. The Morgan fingerprint density at radius 3 is 2.52 bits per heavy atom. The van der Waals surface area contributed by atoms with E-state index in [9.17, 15) is 4.79 Å². The molecule has 1 aromatic heterocycles. The van der Waals surface area contributed by atoms with Gasteiger partial charge in [0.2, 0.25) is 0 Å². The molecular formula is C16H14N2O3. The van der Waals surface area contributed by atoms with E-state index in [0.29, 0.717) is 16.9 Å². The lowest BCUT2D eigenvalue weighted by Gasteiger charge is -2.00. The van der Waals surface area contributed by atoms with Crippen LogP contribution in [0.15, 0.2) is 42.5 Å². The number of ether oxygens (including phenoxy) is 2. The van der Waals surface area contributed by atoms with Crippen LogP contribution in [0.2, 0.25) is 0 Å². The summed E-state index contributed by atoms with van der Waals surface area (Å²) in [5.41, 5.74) is 2.77. The minimum absolute atomic E-state index is 0.395. The molecule has 3 rings (SSSR count). The number of carbonyl (C=O) groups is 1. The van der Waals surface area contributed by atoms with Gasteiger partial charge >= 0.3 is 5.97 Å². The summed E-state index contributed by atoms with van der Waals surface area (Å²) in [6, 6.07) is 12.9. The number of nitrogens with one attached hydrogen (secondary N) is 1. The Labute approximate surface area is 121 Å². The van der Waals surface area contributed by atoms with E-state index < -0.39 is 5.97 Å². The van der Waals surface area contributed by atoms with Crippen molar-refractivity contribution >= 4 is 17.0 Å². The van der Waals surface area contributed by atoms with Crippen molar-refractivity contribution in [2.45, 2.75) is 0 Å². The molecule has 106 valence electrons. The highest BCUT2D eigenvalue weighted by Crippen LogP contribution is 2.24. The highest BCUT2D eigenvalue weighted by molar-refractivity contribution is 6.02. The van der Waals surface area contributed by atoms with Crippen molar-refractivity contribution < 1.29 is 14.3 Å². The molecule has 0 atom stereocenters. The van der Waals surface area contributed by atoms with Crippen molar-refractivity contribution in [3.8, 4) is 17.1 Å². The number of rotatable bonds is 3. The van der Waals surface area contributed by atoms with E-state index in [2.05, 4.69) is 9.97 Å². The van der Waals surface area contributed by atoms with Crippen molar-refractivity contribution in [2.24, 2.45) is 0 Å². The summed E-state index contributed by atoms with van der Waals surface area (Å²) in [7, 11) is 2.98. The van der Waals surface area contributed by atoms with Gasteiger partial charge in [-0.15, -0.1) is 0 Å². The zero-order chi connectivity index (χ0) is 14.8. The van der Waals surface area contributed by atoms with E-state index in [0.717, 1.165) is 16.8 Å². The second-order valence-corrected chi connectivity index (χ2v) is 4.51. The van der Waals surface area contributed by atoms with Crippen LogP contribution in [0.5, 0.6) is 5.75 Å². The summed E-state index contributed by atoms with van der Waals surface area (Å²) in [4.78, 5) is 19.5. The number of hydrogen-bond acceptors (Lipinski definition) is 4. The molecular weight excluding hydrogens is 268 g/mol. The molecule has 5 heteroatoms. The van der Waals surface area contributed by atoms with Crippen molar-refractivity contribution in [3.05, 3.63) is 48.0 Å². The number of para-hydroxylation sites is 1. The van der Waals surface area contributed by atoms with Gasteiger partial charge in [-0.1, -0.05) is 6.07 Å². The first kappa shape index (κ1) is 13.2. The first-order valence-corrected chi connectivity index (χ1v) is 6.44. The third-order valence-corrected chi connectivity index (χ3v) is 3.28. The van der Waals surface area contributed by atoms with E-state index in [1.54, 1.807) is 19.2 Å². The molecule has 0 aliphatic rings. The lowest BCUT2D eigenvalue weighted by molar-refractivity contribution is 0.0603. The van der Waals surface area contributed by atoms with Crippen molar-refractivity contribution in [2.75, 3.05) is 14.2 Å². The molecule has 0 amide bonds. The number of imidazole rings is 1. The van der Waals surface area contributed by atoms with E-state index in [1.807, 2.05) is 30.3 Å². The average Bonchev–Trinajstić information content (AvgIpc) is 2.98. The lowest BCUT2D eigenvalue weighted by atomic mass is 10.2. The number of benzene rings is 2. The van der Waals surface area contributed by atoms with E-state index >= 15 is 0 Å². The maximum Gasteiger partial charge on any atom is 0.340 e. The molecule has 0 radical (unpaired) electrons. The van der Waals surface area contributed by atoms with Crippen LogP contribution in [0.25, 0.3) is 22.4 Å². The number of esters is 1. The fourth-order valence-corrected chi connectivity index (χ4v) is 2.19. The zero-order valence-corrected chi connectivity index (χ0v) is 11.7. The standard InChI is InChI=1S/C16H14N2O3/c1-20-11-8-6-10(7-9-11)15-17-13-5-3-4-12(14(13)18-15)16(19)21-2/h3-9H,1-2H3,(H,17,18). The molecule has 3 aromatic rings. The quantitative estimate of drug-likeness (QED) is 0.750. The van der Waals surface area contributed by atoms with Crippen LogP contribution in [0.3, 0.4) is 0 Å². The van der Waals surface area contributed by atoms with Crippen LogP contribution < -0.4 is 4.74 Å². The van der Waals surface area contributed by atoms with Gasteiger partial charge in [-0.25, -0.2) is 9.78 Å². The molecule has 5 nitrogen and oxygen atoms in total. The van der Waals surface area contributed by atoms with Gasteiger partial charge in [0.1, 0.15) is 17.1 Å². The van der Waals surface area contributed by atoms with Crippen LogP contribution in [-0.4, -0.2) is 30.2 Å². The molecule has 1 heterocycles. The maximum absolute atomic E-state index is 11.8. The highest BCUT2D eigenvalue weighted by Gasteiger charge is 2.14. The first-order valence-electron chi connectivity index (χ1n) is 6.44. The van der Waals surface area contributed by atoms with Crippen molar-refractivity contribution in [1.82, 2.24) is 9.97 Å². The number of aromatic nitrogens is 2. The Kier molecular flexibility index (Phi) is 3.31. The van der Waals surface area contributed by atoms with Crippen molar-refractivity contribution in [3.63, 3.8) is 0 Å². The summed E-state index contributed by atoms with van der Waals surface area (Å²) in [5.74, 6) is 1.09. The number of hydrogen-bond donors (Lipinski definition) is 1. The minimum atomic E-state index is -0.395. The van der Waals surface area contributed by atoms with Crippen LogP contribution in [0.1, 0.15) is 10.4 Å². The topological polar surface area (TPSA) is 64.2 Å². The fraction of sp³-hybridized carbons (Fsp3) is 0.125. The molecule has 0 saturated carbocycles. The average molecular weight is 282 g/mol. The predicted molar refractivity (Wildman–Crippen MR) is 79.4 cm³/mol. The monoisotopic (exact) mass is 282 g/mol. The fourth-order valence-electron chi connectivity index (χ4n) is 2.19. The Bertz CT molecular complexity index is 791. The molecule has 1 N–H and O–H groups in total. The highest BCUT2D eigenvalue weighted by atomic mass is 16.5. The van der Waals surface area contributed by atoms with Gasteiger partial charge in [0, 0.05) is 5.56 Å². The third kappa shape index (κ3) is 2.33. The second kappa shape index (κ2) is 5.28. The molecule has 0 saturated heterocycles. The number of fused-ring (bicyclic) bond motifs is 1. The molecule has 21 heavy (non-hydrogen) atoms. The lowest BCUT2D eigenvalue weighted by Crippen LogP contribution is -2.01. The molecule has 0 unspecified atom stereocenters. The summed E-state index contributed by atoms with van der Waals surface area (Å²) in [6.07, 6.45) is 0. The van der Waals surface area contributed by atoms with Gasteiger partial charge < -0.3 is 14.5 Å². The van der Waals surface area contributed by atoms with Crippen LogP contribution in [0.4, 0.5) is 0 Å². The molecule has 0 bridgehead atoms. The van der Waals surface area contributed by atoms with Gasteiger partial charge in [0.05, 0.1) is 25.3 Å². The second-order valence-electron chi connectivity index (χ2n) is 4.51. The van der Waals surface area contributed by atoms with Crippen LogP contribution >= 0.6 is 0 Å². The summed E-state index contributed by atoms with van der Waals surface area (Å²) >= 11 is 0. The Balaban J connectivity index is 2.10. The summed E-state index contributed by atoms with van der Waals surface area (Å²) in [5, 5.41) is 0.